The molecule has 1 unspecified atom stereocenters. The maximum Gasteiger partial charge on any atom is 0.0704 e. The van der Waals surface area contributed by atoms with Gasteiger partial charge in [-0.3, -0.25) is 0 Å². The summed E-state index contributed by atoms with van der Waals surface area (Å²) >= 11 is 0. The molecular formula is C17H38N2O5. The number of hydrogen-bond donors (Lipinski definition) is 2. The van der Waals surface area contributed by atoms with E-state index in [0.29, 0.717) is 65.4 Å². The van der Waals surface area contributed by atoms with E-state index in [1.807, 2.05) is 6.92 Å². The van der Waals surface area contributed by atoms with E-state index in [0.717, 1.165) is 19.6 Å². The molecule has 0 aromatic heterocycles. The van der Waals surface area contributed by atoms with E-state index in [2.05, 4.69) is 19.2 Å². The van der Waals surface area contributed by atoms with Gasteiger partial charge in [0.2, 0.25) is 0 Å². The summed E-state index contributed by atoms with van der Waals surface area (Å²) in [5.41, 5.74) is 5.31. The third-order valence-electron chi connectivity index (χ3n) is 3.10. The SMILES string of the molecule is CC(C)NCCOCCOCCC(C)OCCOCCOCCN. The molecule has 0 aromatic rings. The molecule has 0 amide bonds. The van der Waals surface area contributed by atoms with Crippen LogP contribution in [0, 0.1) is 0 Å². The number of nitrogens with two attached hydrogens (primary N) is 1. The molecule has 0 aromatic carbocycles. The predicted octanol–water partition coefficient (Wildman–Crippen LogP) is 0.805. The van der Waals surface area contributed by atoms with Crippen molar-refractivity contribution in [1.29, 1.82) is 0 Å². The molecule has 1 atom stereocenters. The van der Waals surface area contributed by atoms with E-state index < -0.39 is 0 Å². The van der Waals surface area contributed by atoms with Crippen LogP contribution in [0.4, 0.5) is 0 Å². The summed E-state index contributed by atoms with van der Waals surface area (Å²) in [5.74, 6) is 0. The molecular weight excluding hydrogens is 312 g/mol. The lowest BCUT2D eigenvalue weighted by Gasteiger charge is -2.13. The molecule has 0 saturated heterocycles. The first kappa shape index (κ1) is 23.7. The fourth-order valence-electron chi connectivity index (χ4n) is 1.79. The summed E-state index contributed by atoms with van der Waals surface area (Å²) < 4.78 is 27.2. The molecule has 146 valence electrons. The van der Waals surface area contributed by atoms with Crippen LogP contribution < -0.4 is 11.1 Å². The smallest absolute Gasteiger partial charge is 0.0704 e. The molecule has 0 aliphatic rings. The number of nitrogens with one attached hydrogen (secondary N) is 1. The zero-order valence-corrected chi connectivity index (χ0v) is 15.8. The first-order valence-corrected chi connectivity index (χ1v) is 9.02. The summed E-state index contributed by atoms with van der Waals surface area (Å²) in [4.78, 5) is 0. The van der Waals surface area contributed by atoms with Gasteiger partial charge in [0.1, 0.15) is 0 Å². The summed E-state index contributed by atoms with van der Waals surface area (Å²) in [6.07, 6.45) is 1.03. The van der Waals surface area contributed by atoms with Gasteiger partial charge >= 0.3 is 0 Å². The van der Waals surface area contributed by atoms with Gasteiger partial charge < -0.3 is 34.7 Å². The van der Waals surface area contributed by atoms with E-state index in [4.69, 9.17) is 29.4 Å². The summed E-state index contributed by atoms with van der Waals surface area (Å²) in [6, 6.07) is 0.501. The van der Waals surface area contributed by atoms with Crippen molar-refractivity contribution in [1.82, 2.24) is 5.32 Å². The van der Waals surface area contributed by atoms with Gasteiger partial charge in [0.15, 0.2) is 0 Å². The molecule has 0 heterocycles. The van der Waals surface area contributed by atoms with Crippen LogP contribution in [0.5, 0.6) is 0 Å². The van der Waals surface area contributed by atoms with Gasteiger partial charge in [-0.05, 0) is 13.3 Å². The summed E-state index contributed by atoms with van der Waals surface area (Å²) in [5, 5.41) is 3.30. The van der Waals surface area contributed by atoms with Gasteiger partial charge in [-0.25, -0.2) is 0 Å². The molecule has 0 aliphatic heterocycles. The maximum atomic E-state index is 5.65. The molecule has 7 nitrogen and oxygen atoms in total. The Morgan fingerprint density at radius 2 is 1.25 bits per heavy atom. The van der Waals surface area contributed by atoms with Crippen LogP contribution in [0.1, 0.15) is 27.2 Å². The third-order valence-corrected chi connectivity index (χ3v) is 3.10. The van der Waals surface area contributed by atoms with Crippen molar-refractivity contribution in [3.63, 3.8) is 0 Å². The second-order valence-corrected chi connectivity index (χ2v) is 5.82. The fraction of sp³-hybridized carbons (Fsp3) is 1.00. The van der Waals surface area contributed by atoms with Crippen LogP contribution in [-0.2, 0) is 23.7 Å². The largest absolute Gasteiger partial charge is 0.379 e. The van der Waals surface area contributed by atoms with E-state index >= 15 is 0 Å². The monoisotopic (exact) mass is 350 g/mol. The molecule has 0 saturated carbocycles. The molecule has 0 radical (unpaired) electrons. The van der Waals surface area contributed by atoms with E-state index in [1.54, 1.807) is 0 Å². The van der Waals surface area contributed by atoms with Gasteiger partial charge in [-0.1, -0.05) is 13.8 Å². The van der Waals surface area contributed by atoms with E-state index in [1.165, 1.54) is 0 Å². The zero-order chi connectivity index (χ0) is 17.9. The van der Waals surface area contributed by atoms with Crippen molar-refractivity contribution in [2.24, 2.45) is 5.73 Å². The third kappa shape index (κ3) is 19.8. The minimum Gasteiger partial charge on any atom is -0.379 e. The minimum atomic E-state index is 0.165. The van der Waals surface area contributed by atoms with Crippen LogP contribution in [0.15, 0.2) is 0 Å². The molecule has 0 fully saturated rings. The lowest BCUT2D eigenvalue weighted by molar-refractivity contribution is -0.0194. The van der Waals surface area contributed by atoms with Crippen LogP contribution in [0.3, 0.4) is 0 Å². The topological polar surface area (TPSA) is 84.2 Å². The van der Waals surface area contributed by atoms with Gasteiger partial charge in [0.25, 0.3) is 0 Å². The normalized spacial score (nSPS) is 12.9. The standard InChI is InChI=1S/C17H38N2O5/c1-16(2)19-6-9-22-12-10-20-7-4-17(3)24-15-14-23-13-11-21-8-5-18/h16-17,19H,4-15,18H2,1-3H3. The molecule has 0 bridgehead atoms. The highest BCUT2D eigenvalue weighted by atomic mass is 16.5. The lowest BCUT2D eigenvalue weighted by atomic mass is 10.3. The van der Waals surface area contributed by atoms with Crippen LogP contribution in [-0.4, -0.2) is 84.7 Å². The second kappa shape index (κ2) is 19.1. The first-order valence-electron chi connectivity index (χ1n) is 9.02. The molecule has 24 heavy (non-hydrogen) atoms. The highest BCUT2D eigenvalue weighted by molar-refractivity contribution is 4.51. The number of hydrogen-bond acceptors (Lipinski definition) is 7. The molecule has 0 spiro atoms. The predicted molar refractivity (Wildman–Crippen MR) is 95.5 cm³/mol. The fourth-order valence-corrected chi connectivity index (χ4v) is 1.79. The average molecular weight is 351 g/mol. The van der Waals surface area contributed by atoms with Crippen molar-refractivity contribution in [3.05, 3.63) is 0 Å². The van der Waals surface area contributed by atoms with Gasteiger partial charge in [0.05, 0.1) is 59.0 Å². The molecule has 3 N–H and O–H groups in total. The number of ether oxygens (including phenoxy) is 5. The molecule has 7 heteroatoms. The average Bonchev–Trinajstić information content (AvgIpc) is 2.55. The Hall–Kier alpha value is -0.280. The lowest BCUT2D eigenvalue weighted by Crippen LogP contribution is -2.27. The van der Waals surface area contributed by atoms with Crippen molar-refractivity contribution in [2.75, 3.05) is 72.6 Å². The minimum absolute atomic E-state index is 0.165. The highest BCUT2D eigenvalue weighted by Gasteiger charge is 2.02. The number of rotatable bonds is 19. The highest BCUT2D eigenvalue weighted by Crippen LogP contribution is 1.98. The van der Waals surface area contributed by atoms with Crippen LogP contribution >= 0.6 is 0 Å². The summed E-state index contributed by atoms with van der Waals surface area (Å²) in [6.45, 7) is 13.3. The summed E-state index contributed by atoms with van der Waals surface area (Å²) in [7, 11) is 0. The van der Waals surface area contributed by atoms with Gasteiger partial charge in [-0.15, -0.1) is 0 Å². The Labute approximate surface area is 147 Å². The van der Waals surface area contributed by atoms with Crippen LogP contribution in [0.25, 0.3) is 0 Å². The Morgan fingerprint density at radius 3 is 1.88 bits per heavy atom. The zero-order valence-electron chi connectivity index (χ0n) is 15.8. The Balaban J connectivity index is 3.14. The van der Waals surface area contributed by atoms with Crippen molar-refractivity contribution in [2.45, 2.75) is 39.3 Å². The van der Waals surface area contributed by atoms with E-state index in [9.17, 15) is 0 Å². The Kier molecular flexibility index (Phi) is 18.8. The molecule has 0 aliphatic carbocycles. The van der Waals surface area contributed by atoms with Crippen molar-refractivity contribution >= 4 is 0 Å². The Morgan fingerprint density at radius 1 is 0.708 bits per heavy atom. The first-order chi connectivity index (χ1) is 11.7. The Bertz CT molecular complexity index is 245. The quantitative estimate of drug-likeness (QED) is 0.333. The van der Waals surface area contributed by atoms with Crippen molar-refractivity contribution in [3.8, 4) is 0 Å². The van der Waals surface area contributed by atoms with Gasteiger partial charge in [0, 0.05) is 25.7 Å². The second-order valence-electron chi connectivity index (χ2n) is 5.82. The van der Waals surface area contributed by atoms with E-state index in [-0.39, 0.29) is 6.10 Å². The van der Waals surface area contributed by atoms with Crippen molar-refractivity contribution < 1.29 is 23.7 Å². The van der Waals surface area contributed by atoms with Gasteiger partial charge in [-0.2, -0.15) is 0 Å². The van der Waals surface area contributed by atoms with Crippen LogP contribution in [0.2, 0.25) is 0 Å². The molecule has 0 rings (SSSR count). The maximum absolute atomic E-state index is 5.65.